The van der Waals surface area contributed by atoms with Crippen LogP contribution in [0, 0.1) is 0 Å². The van der Waals surface area contributed by atoms with Crippen LogP contribution in [-0.2, 0) is 9.53 Å². The van der Waals surface area contributed by atoms with E-state index < -0.39 is 5.60 Å². The predicted molar refractivity (Wildman–Crippen MR) is 41.1 cm³/mol. The molecule has 0 heterocycles. The van der Waals surface area contributed by atoms with Gasteiger partial charge < -0.3 is 4.74 Å². The molecule has 3 heteroatoms. The SMILES string of the molecule is C=CC(C)(CCl)OC(C)=O. The van der Waals surface area contributed by atoms with Crippen molar-refractivity contribution >= 4 is 17.6 Å². The van der Waals surface area contributed by atoms with E-state index in [0.29, 0.717) is 0 Å². The van der Waals surface area contributed by atoms with Crippen molar-refractivity contribution in [3.63, 3.8) is 0 Å². The molecule has 0 aromatic rings. The Morgan fingerprint density at radius 3 is 2.50 bits per heavy atom. The highest BCUT2D eigenvalue weighted by Gasteiger charge is 2.21. The fourth-order valence-electron chi connectivity index (χ4n) is 0.452. The van der Waals surface area contributed by atoms with Crippen molar-refractivity contribution < 1.29 is 9.53 Å². The third kappa shape index (κ3) is 2.87. The fourth-order valence-corrected chi connectivity index (χ4v) is 0.616. The molecule has 58 valence electrons. The molecule has 0 saturated carbocycles. The number of hydrogen-bond acceptors (Lipinski definition) is 2. The number of alkyl halides is 1. The number of carbonyl (C=O) groups excluding carboxylic acids is 1. The van der Waals surface area contributed by atoms with Crippen LogP contribution >= 0.6 is 11.6 Å². The predicted octanol–water partition coefficient (Wildman–Crippen LogP) is 1.73. The van der Waals surface area contributed by atoms with Crippen molar-refractivity contribution in [2.24, 2.45) is 0 Å². The Kier molecular flexibility index (Phi) is 3.43. The zero-order chi connectivity index (χ0) is 8.20. The van der Waals surface area contributed by atoms with Gasteiger partial charge in [0.05, 0.1) is 5.88 Å². The molecule has 0 aromatic heterocycles. The largest absolute Gasteiger partial charge is 0.454 e. The van der Waals surface area contributed by atoms with Gasteiger partial charge in [0.25, 0.3) is 0 Å². The minimum atomic E-state index is -0.715. The van der Waals surface area contributed by atoms with Gasteiger partial charge in [-0.1, -0.05) is 6.58 Å². The van der Waals surface area contributed by atoms with Gasteiger partial charge in [0.2, 0.25) is 0 Å². The Bertz CT molecular complexity index is 145. The first-order chi connectivity index (χ1) is 4.54. The van der Waals surface area contributed by atoms with Crippen LogP contribution in [0.15, 0.2) is 12.7 Å². The summed E-state index contributed by atoms with van der Waals surface area (Å²) in [6, 6.07) is 0. The van der Waals surface area contributed by atoms with Crippen LogP contribution in [-0.4, -0.2) is 17.5 Å². The highest BCUT2D eigenvalue weighted by Crippen LogP contribution is 2.13. The van der Waals surface area contributed by atoms with Crippen molar-refractivity contribution in [3.05, 3.63) is 12.7 Å². The van der Waals surface area contributed by atoms with Crippen molar-refractivity contribution in [2.75, 3.05) is 5.88 Å². The maximum Gasteiger partial charge on any atom is 0.303 e. The lowest BCUT2D eigenvalue weighted by molar-refractivity contribution is -0.149. The molecule has 1 unspecified atom stereocenters. The molecule has 0 saturated heterocycles. The average molecular weight is 163 g/mol. The molecule has 2 nitrogen and oxygen atoms in total. The van der Waals surface area contributed by atoms with Gasteiger partial charge >= 0.3 is 5.97 Å². The van der Waals surface area contributed by atoms with Crippen LogP contribution in [0.1, 0.15) is 13.8 Å². The highest BCUT2D eigenvalue weighted by molar-refractivity contribution is 6.18. The quantitative estimate of drug-likeness (QED) is 0.359. The van der Waals surface area contributed by atoms with E-state index in [9.17, 15) is 4.79 Å². The molecule has 0 amide bonds. The summed E-state index contributed by atoms with van der Waals surface area (Å²) in [7, 11) is 0. The summed E-state index contributed by atoms with van der Waals surface area (Å²) in [6.45, 7) is 6.54. The molecule has 0 fully saturated rings. The summed E-state index contributed by atoms with van der Waals surface area (Å²) in [6.07, 6.45) is 1.52. The van der Waals surface area contributed by atoms with E-state index in [1.807, 2.05) is 0 Å². The number of rotatable bonds is 3. The molecule has 0 radical (unpaired) electrons. The smallest absolute Gasteiger partial charge is 0.303 e. The average Bonchev–Trinajstić information content (AvgIpc) is 1.87. The molecule has 1 atom stereocenters. The lowest BCUT2D eigenvalue weighted by atomic mass is 10.1. The van der Waals surface area contributed by atoms with Crippen molar-refractivity contribution in [2.45, 2.75) is 19.4 Å². The van der Waals surface area contributed by atoms with E-state index in [0.717, 1.165) is 0 Å². The molecule has 0 aliphatic carbocycles. The maximum atomic E-state index is 10.4. The lowest BCUT2D eigenvalue weighted by Crippen LogP contribution is -2.29. The summed E-state index contributed by atoms with van der Waals surface area (Å²) in [4.78, 5) is 10.4. The van der Waals surface area contributed by atoms with Gasteiger partial charge in [-0.25, -0.2) is 0 Å². The number of halogens is 1. The summed E-state index contributed by atoms with van der Waals surface area (Å²) < 4.78 is 4.85. The van der Waals surface area contributed by atoms with Crippen LogP contribution < -0.4 is 0 Å². The van der Waals surface area contributed by atoms with Gasteiger partial charge in [0, 0.05) is 6.92 Å². The third-order valence-electron chi connectivity index (χ3n) is 1.07. The molecule has 0 spiro atoms. The highest BCUT2D eigenvalue weighted by atomic mass is 35.5. The number of hydrogen-bond donors (Lipinski definition) is 0. The van der Waals surface area contributed by atoms with Gasteiger partial charge in [0.15, 0.2) is 0 Å². The Morgan fingerprint density at radius 1 is 1.90 bits per heavy atom. The second-order valence-corrected chi connectivity index (χ2v) is 2.51. The first kappa shape index (κ1) is 9.50. The maximum absolute atomic E-state index is 10.4. The standard InChI is InChI=1S/C7H11ClO2/c1-4-7(3,5-8)10-6(2)9/h4H,1,5H2,2-3H3. The number of carbonyl (C=O) groups is 1. The first-order valence-corrected chi connectivity index (χ1v) is 3.46. The van der Waals surface area contributed by atoms with Crippen molar-refractivity contribution in [3.8, 4) is 0 Å². The van der Waals surface area contributed by atoms with Crippen LogP contribution in [0.25, 0.3) is 0 Å². The molecule has 0 N–H and O–H groups in total. The van der Waals surface area contributed by atoms with E-state index in [4.69, 9.17) is 16.3 Å². The zero-order valence-corrected chi connectivity index (χ0v) is 6.94. The Balaban J connectivity index is 4.05. The van der Waals surface area contributed by atoms with Crippen LogP contribution in [0.2, 0.25) is 0 Å². The summed E-state index contributed by atoms with van der Waals surface area (Å²) >= 11 is 5.50. The molecular weight excluding hydrogens is 152 g/mol. The van der Waals surface area contributed by atoms with Crippen molar-refractivity contribution in [1.82, 2.24) is 0 Å². The molecule has 0 rings (SSSR count). The van der Waals surface area contributed by atoms with Gasteiger partial charge in [-0.3, -0.25) is 4.79 Å². The van der Waals surface area contributed by atoms with E-state index in [1.165, 1.54) is 13.0 Å². The van der Waals surface area contributed by atoms with E-state index in [-0.39, 0.29) is 11.8 Å². The van der Waals surface area contributed by atoms with E-state index in [1.54, 1.807) is 6.92 Å². The minimum Gasteiger partial charge on any atom is -0.454 e. The molecule has 0 bridgehead atoms. The zero-order valence-electron chi connectivity index (χ0n) is 6.19. The number of esters is 1. The van der Waals surface area contributed by atoms with E-state index in [2.05, 4.69) is 6.58 Å². The van der Waals surface area contributed by atoms with Crippen molar-refractivity contribution in [1.29, 1.82) is 0 Å². The molecule has 0 aliphatic rings. The summed E-state index contributed by atoms with van der Waals surface area (Å²) in [5, 5.41) is 0. The van der Waals surface area contributed by atoms with Gasteiger partial charge in [-0.2, -0.15) is 0 Å². The van der Waals surface area contributed by atoms with Crippen LogP contribution in [0.4, 0.5) is 0 Å². The van der Waals surface area contributed by atoms with Crippen LogP contribution in [0.5, 0.6) is 0 Å². The third-order valence-corrected chi connectivity index (χ3v) is 1.60. The Labute approximate surface area is 65.8 Å². The molecule has 10 heavy (non-hydrogen) atoms. The molecule has 0 aromatic carbocycles. The van der Waals surface area contributed by atoms with Gasteiger partial charge in [-0.15, -0.1) is 11.6 Å². The second-order valence-electron chi connectivity index (χ2n) is 2.24. The normalized spacial score (nSPS) is 15.5. The summed E-state index contributed by atoms with van der Waals surface area (Å²) in [5.74, 6) is -0.112. The molecule has 0 aliphatic heterocycles. The van der Waals surface area contributed by atoms with Gasteiger partial charge in [0.1, 0.15) is 5.60 Å². The molecular formula is C7H11ClO2. The second kappa shape index (κ2) is 3.62. The lowest BCUT2D eigenvalue weighted by Gasteiger charge is -2.21. The monoisotopic (exact) mass is 162 g/mol. The summed E-state index contributed by atoms with van der Waals surface area (Å²) in [5.41, 5.74) is -0.715. The first-order valence-electron chi connectivity index (χ1n) is 2.93. The van der Waals surface area contributed by atoms with Crippen LogP contribution in [0.3, 0.4) is 0 Å². The Morgan fingerprint density at radius 2 is 2.40 bits per heavy atom. The fraction of sp³-hybridized carbons (Fsp3) is 0.571. The number of ether oxygens (including phenoxy) is 1. The van der Waals surface area contributed by atoms with E-state index >= 15 is 0 Å². The minimum absolute atomic E-state index is 0.232. The van der Waals surface area contributed by atoms with Gasteiger partial charge in [-0.05, 0) is 13.0 Å². The Hall–Kier alpha value is -0.500. The topological polar surface area (TPSA) is 26.3 Å².